The molecule has 0 unspecified atom stereocenters. The molecule has 4 rings (SSSR count). The third-order valence-corrected chi connectivity index (χ3v) is 3.82. The van der Waals surface area contributed by atoms with Crippen LogP contribution in [0.2, 0.25) is 0 Å². The number of nitrogens with one attached hydrogen (secondary N) is 1. The van der Waals surface area contributed by atoms with Gasteiger partial charge in [0.1, 0.15) is 4.92 Å². The smallest absolute Gasteiger partial charge is 0.397 e. The Labute approximate surface area is 132 Å². The molecule has 23 heavy (non-hydrogen) atoms. The van der Waals surface area contributed by atoms with Gasteiger partial charge in [0.2, 0.25) is 15.9 Å². The highest BCUT2D eigenvalue weighted by Crippen LogP contribution is 2.28. The van der Waals surface area contributed by atoms with Crippen LogP contribution in [0, 0.1) is 10.1 Å². The fraction of sp³-hybridized carbons (Fsp3) is 0. The lowest BCUT2D eigenvalue weighted by Crippen LogP contribution is -1.93. The van der Waals surface area contributed by atoms with Gasteiger partial charge in [-0.3, -0.25) is 10.1 Å². The lowest BCUT2D eigenvalue weighted by molar-refractivity contribution is -0.401. The van der Waals surface area contributed by atoms with E-state index in [-0.39, 0.29) is 11.6 Å². The molecule has 0 radical (unpaired) electrons. The molecule has 1 N–H and O–H groups in total. The van der Waals surface area contributed by atoms with Gasteiger partial charge in [0, 0.05) is 5.69 Å². The number of nitrogens with zero attached hydrogens (tertiary/aromatic N) is 5. The molecule has 0 saturated carbocycles. The van der Waals surface area contributed by atoms with Gasteiger partial charge in [-0.15, -0.1) is 15.3 Å². The van der Waals surface area contributed by atoms with Crippen LogP contribution in [0.25, 0.3) is 16.5 Å². The van der Waals surface area contributed by atoms with Gasteiger partial charge in [-0.1, -0.05) is 29.5 Å². The van der Waals surface area contributed by atoms with E-state index in [4.69, 9.17) is 4.42 Å². The summed E-state index contributed by atoms with van der Waals surface area (Å²) in [6.45, 7) is 0. The minimum atomic E-state index is -0.606. The Kier molecular flexibility index (Phi) is 3.01. The van der Waals surface area contributed by atoms with E-state index in [0.29, 0.717) is 15.9 Å². The van der Waals surface area contributed by atoms with Crippen LogP contribution in [-0.4, -0.2) is 24.7 Å². The van der Waals surface area contributed by atoms with E-state index < -0.39 is 4.92 Å². The van der Waals surface area contributed by atoms with Gasteiger partial charge in [-0.05, 0) is 18.2 Å². The van der Waals surface area contributed by atoms with E-state index in [0.717, 1.165) is 5.69 Å². The van der Waals surface area contributed by atoms with Crippen LogP contribution in [-0.2, 0) is 0 Å². The van der Waals surface area contributed by atoms with Gasteiger partial charge in [-0.2, -0.15) is 4.52 Å². The number of benzene rings is 1. The summed E-state index contributed by atoms with van der Waals surface area (Å²) in [4.78, 5) is 10.6. The molecule has 10 heteroatoms. The fourth-order valence-corrected chi connectivity index (χ4v) is 2.77. The molecular weight excluding hydrogens is 320 g/mol. The quantitative estimate of drug-likeness (QED) is 0.452. The van der Waals surface area contributed by atoms with Gasteiger partial charge in [-0.25, -0.2) is 0 Å². The van der Waals surface area contributed by atoms with Crippen molar-refractivity contribution in [2.24, 2.45) is 0 Å². The number of hydrogen-bond acceptors (Lipinski definition) is 8. The second-order valence-electron chi connectivity index (χ2n) is 4.51. The van der Waals surface area contributed by atoms with Crippen LogP contribution in [0.1, 0.15) is 0 Å². The number of fused-ring (bicyclic) bond motifs is 1. The Morgan fingerprint density at radius 2 is 2.00 bits per heavy atom. The normalized spacial score (nSPS) is 11.0. The van der Waals surface area contributed by atoms with E-state index in [1.807, 2.05) is 30.3 Å². The lowest BCUT2D eigenvalue weighted by Gasteiger charge is -1.99. The van der Waals surface area contributed by atoms with Crippen molar-refractivity contribution in [1.29, 1.82) is 0 Å². The maximum absolute atomic E-state index is 10.7. The van der Waals surface area contributed by atoms with Gasteiger partial charge in [0.15, 0.2) is 5.76 Å². The first kappa shape index (κ1) is 13.4. The summed E-state index contributed by atoms with van der Waals surface area (Å²) in [7, 11) is 0. The average Bonchev–Trinajstić information content (AvgIpc) is 3.22. The molecule has 0 spiro atoms. The van der Waals surface area contributed by atoms with E-state index in [1.54, 1.807) is 0 Å². The number of para-hydroxylation sites is 1. The number of nitro groups is 1. The minimum absolute atomic E-state index is 0.237. The molecule has 0 saturated heterocycles. The molecule has 1 aromatic carbocycles. The zero-order chi connectivity index (χ0) is 15.8. The van der Waals surface area contributed by atoms with Crippen molar-refractivity contribution >= 4 is 33.0 Å². The average molecular weight is 328 g/mol. The summed E-state index contributed by atoms with van der Waals surface area (Å²) in [6.07, 6.45) is 0. The van der Waals surface area contributed by atoms with E-state index in [9.17, 15) is 10.1 Å². The van der Waals surface area contributed by atoms with Crippen molar-refractivity contribution in [3.05, 3.63) is 52.6 Å². The summed E-state index contributed by atoms with van der Waals surface area (Å²) in [5, 5.41) is 26.8. The Bertz CT molecular complexity index is 990. The Morgan fingerprint density at radius 1 is 1.17 bits per heavy atom. The van der Waals surface area contributed by atoms with Crippen molar-refractivity contribution < 1.29 is 9.34 Å². The summed E-state index contributed by atoms with van der Waals surface area (Å²) in [5.74, 6) is 0.195. The molecule has 3 aromatic heterocycles. The van der Waals surface area contributed by atoms with Crippen molar-refractivity contribution in [2.75, 3.05) is 5.32 Å². The maximum Gasteiger partial charge on any atom is 0.433 e. The summed E-state index contributed by atoms with van der Waals surface area (Å²) < 4.78 is 6.63. The minimum Gasteiger partial charge on any atom is -0.397 e. The van der Waals surface area contributed by atoms with E-state index >= 15 is 0 Å². The first-order valence-electron chi connectivity index (χ1n) is 6.49. The molecule has 0 fully saturated rings. The highest BCUT2D eigenvalue weighted by Gasteiger charge is 2.19. The van der Waals surface area contributed by atoms with Crippen molar-refractivity contribution in [3.63, 3.8) is 0 Å². The van der Waals surface area contributed by atoms with Gasteiger partial charge in [0.25, 0.3) is 0 Å². The number of hydrogen-bond donors (Lipinski definition) is 1. The second kappa shape index (κ2) is 5.18. The Balaban J connectivity index is 1.70. The molecule has 9 nitrogen and oxygen atoms in total. The molecular formula is C13H8N6O3S. The van der Waals surface area contributed by atoms with Crippen LogP contribution in [0.4, 0.5) is 16.7 Å². The topological polar surface area (TPSA) is 111 Å². The van der Waals surface area contributed by atoms with Crippen molar-refractivity contribution in [1.82, 2.24) is 19.8 Å². The fourth-order valence-electron chi connectivity index (χ4n) is 2.01. The molecule has 0 aliphatic heterocycles. The van der Waals surface area contributed by atoms with Gasteiger partial charge in [0.05, 0.1) is 6.07 Å². The van der Waals surface area contributed by atoms with Crippen molar-refractivity contribution in [2.45, 2.75) is 0 Å². The zero-order valence-electron chi connectivity index (χ0n) is 11.4. The summed E-state index contributed by atoms with van der Waals surface area (Å²) in [5.41, 5.74) is 0.896. The molecule has 0 aliphatic rings. The first-order valence-corrected chi connectivity index (χ1v) is 7.31. The monoisotopic (exact) mass is 328 g/mol. The number of rotatable bonds is 4. The molecule has 0 amide bonds. The number of furan rings is 1. The summed E-state index contributed by atoms with van der Waals surface area (Å²) >= 11 is 1.31. The summed E-state index contributed by atoms with van der Waals surface area (Å²) in [6, 6.07) is 12.3. The Morgan fingerprint density at radius 3 is 2.74 bits per heavy atom. The molecule has 0 atom stereocenters. The first-order chi connectivity index (χ1) is 11.2. The number of aromatic nitrogens is 4. The van der Waals surface area contributed by atoms with E-state index in [2.05, 4.69) is 20.6 Å². The third kappa shape index (κ3) is 2.40. The zero-order valence-corrected chi connectivity index (χ0v) is 12.2. The maximum atomic E-state index is 10.7. The molecule has 3 heterocycles. The van der Waals surface area contributed by atoms with Crippen LogP contribution in [0.15, 0.2) is 46.9 Å². The largest absolute Gasteiger partial charge is 0.433 e. The second-order valence-corrected chi connectivity index (χ2v) is 5.47. The SMILES string of the molecule is O=[N+]([O-])c1ccc(-c2nnc3sc(Nc4ccccc4)nn23)o1. The highest BCUT2D eigenvalue weighted by atomic mass is 32.1. The van der Waals surface area contributed by atoms with Gasteiger partial charge < -0.3 is 9.73 Å². The lowest BCUT2D eigenvalue weighted by atomic mass is 10.3. The number of anilines is 2. The van der Waals surface area contributed by atoms with Gasteiger partial charge >= 0.3 is 5.88 Å². The van der Waals surface area contributed by atoms with Crippen LogP contribution in [0.3, 0.4) is 0 Å². The van der Waals surface area contributed by atoms with Crippen LogP contribution in [0.5, 0.6) is 0 Å². The molecule has 4 aromatic rings. The van der Waals surface area contributed by atoms with Crippen LogP contribution < -0.4 is 5.32 Å². The third-order valence-electron chi connectivity index (χ3n) is 3.01. The molecule has 114 valence electrons. The Hall–Kier alpha value is -3.27. The standard InChI is InChI=1S/C13H8N6O3S/c20-19(21)10-7-6-9(22-10)11-15-16-13-18(11)17-12(23-13)14-8-4-2-1-3-5-8/h1-7H,(H,14,17). The highest BCUT2D eigenvalue weighted by molar-refractivity contribution is 7.20. The van der Waals surface area contributed by atoms with Crippen molar-refractivity contribution in [3.8, 4) is 11.6 Å². The predicted octanol–water partition coefficient (Wildman–Crippen LogP) is 3.10. The molecule has 0 aliphatic carbocycles. The molecule has 0 bridgehead atoms. The van der Waals surface area contributed by atoms with E-state index in [1.165, 1.54) is 28.0 Å². The van der Waals surface area contributed by atoms with Crippen LogP contribution >= 0.6 is 11.3 Å². The predicted molar refractivity (Wildman–Crippen MR) is 82.7 cm³/mol.